The van der Waals surface area contributed by atoms with Crippen molar-refractivity contribution in [2.24, 2.45) is 0 Å². The minimum Gasteiger partial charge on any atom is -0.367 e. The summed E-state index contributed by atoms with van der Waals surface area (Å²) in [5, 5.41) is 25.4. The van der Waals surface area contributed by atoms with Crippen molar-refractivity contribution in [3.8, 4) is 6.07 Å². The van der Waals surface area contributed by atoms with Gasteiger partial charge in [-0.2, -0.15) is 5.26 Å². The summed E-state index contributed by atoms with van der Waals surface area (Å²) in [6.07, 6.45) is 1.22. The van der Waals surface area contributed by atoms with Gasteiger partial charge in [-0.1, -0.05) is 6.07 Å². The summed E-state index contributed by atoms with van der Waals surface area (Å²) >= 11 is 0. The van der Waals surface area contributed by atoms with Gasteiger partial charge >= 0.3 is 5.69 Å². The Labute approximate surface area is 114 Å². The largest absolute Gasteiger partial charge is 0.367 e. The highest BCUT2D eigenvalue weighted by Crippen LogP contribution is 2.30. The molecule has 0 radical (unpaired) electrons. The third-order valence-corrected chi connectivity index (χ3v) is 2.50. The lowest BCUT2D eigenvalue weighted by Crippen LogP contribution is -2.05. The first-order valence-corrected chi connectivity index (χ1v) is 5.60. The second-order valence-electron chi connectivity index (χ2n) is 3.74. The predicted octanol–water partition coefficient (Wildman–Crippen LogP) is 2.04. The van der Waals surface area contributed by atoms with Crippen molar-refractivity contribution < 1.29 is 4.92 Å². The molecule has 0 aliphatic heterocycles. The molecule has 0 saturated carbocycles. The van der Waals surface area contributed by atoms with E-state index in [1.165, 1.54) is 13.4 Å². The molecule has 2 N–H and O–H groups in total. The van der Waals surface area contributed by atoms with Crippen molar-refractivity contribution in [1.29, 1.82) is 5.26 Å². The second-order valence-corrected chi connectivity index (χ2v) is 3.74. The average Bonchev–Trinajstić information content (AvgIpc) is 2.46. The highest BCUT2D eigenvalue weighted by atomic mass is 16.6. The third kappa shape index (κ3) is 2.62. The number of hydrogen-bond acceptors (Lipinski definition) is 7. The summed E-state index contributed by atoms with van der Waals surface area (Å²) in [7, 11) is 1.54. The van der Waals surface area contributed by atoms with Crippen LogP contribution in [0.25, 0.3) is 0 Å². The zero-order valence-electron chi connectivity index (χ0n) is 10.5. The molecule has 0 amide bonds. The van der Waals surface area contributed by atoms with Crippen LogP contribution in [0.3, 0.4) is 0 Å². The number of aromatic nitrogens is 2. The average molecular weight is 270 g/mol. The van der Waals surface area contributed by atoms with Gasteiger partial charge in [0.15, 0.2) is 0 Å². The Kier molecular flexibility index (Phi) is 3.72. The van der Waals surface area contributed by atoms with Crippen LogP contribution < -0.4 is 10.6 Å². The van der Waals surface area contributed by atoms with Crippen LogP contribution in [0.2, 0.25) is 0 Å². The maximum Gasteiger partial charge on any atom is 0.353 e. The fourth-order valence-corrected chi connectivity index (χ4v) is 1.63. The highest BCUT2D eigenvalue weighted by Gasteiger charge is 2.22. The lowest BCUT2D eigenvalue weighted by Gasteiger charge is -2.08. The number of nitriles is 1. The van der Waals surface area contributed by atoms with E-state index in [1.807, 2.05) is 6.07 Å². The molecule has 0 spiro atoms. The number of anilines is 3. The van der Waals surface area contributed by atoms with Crippen LogP contribution in [0.4, 0.5) is 23.0 Å². The maximum atomic E-state index is 11.1. The molecular weight excluding hydrogens is 260 g/mol. The topological polar surface area (TPSA) is 117 Å². The van der Waals surface area contributed by atoms with Gasteiger partial charge in [0.25, 0.3) is 0 Å². The first-order chi connectivity index (χ1) is 9.65. The van der Waals surface area contributed by atoms with Gasteiger partial charge in [-0.25, -0.2) is 9.97 Å². The van der Waals surface area contributed by atoms with Crippen molar-refractivity contribution in [3.63, 3.8) is 0 Å². The molecule has 1 aromatic carbocycles. The van der Waals surface area contributed by atoms with Crippen molar-refractivity contribution >= 4 is 23.0 Å². The van der Waals surface area contributed by atoms with E-state index < -0.39 is 4.92 Å². The Morgan fingerprint density at radius 2 is 2.10 bits per heavy atom. The molecule has 0 aliphatic carbocycles. The van der Waals surface area contributed by atoms with Crippen molar-refractivity contribution in [2.75, 3.05) is 17.7 Å². The molecular formula is C12H10N6O2. The lowest BCUT2D eigenvalue weighted by atomic mass is 10.2. The Balaban J connectivity index is 2.43. The van der Waals surface area contributed by atoms with E-state index in [0.29, 0.717) is 11.3 Å². The minimum absolute atomic E-state index is 0.0597. The summed E-state index contributed by atoms with van der Waals surface area (Å²) < 4.78 is 0. The number of hydrogen-bond donors (Lipinski definition) is 2. The highest BCUT2D eigenvalue weighted by molar-refractivity contribution is 5.73. The summed E-state index contributed by atoms with van der Waals surface area (Å²) in [6.45, 7) is 0. The van der Waals surface area contributed by atoms with Crippen LogP contribution in [-0.4, -0.2) is 21.9 Å². The van der Waals surface area contributed by atoms with E-state index in [0.717, 1.165) is 0 Å². The zero-order valence-corrected chi connectivity index (χ0v) is 10.5. The summed E-state index contributed by atoms with van der Waals surface area (Å²) in [5.41, 5.74) is 0.728. The van der Waals surface area contributed by atoms with Crippen LogP contribution in [-0.2, 0) is 0 Å². The Morgan fingerprint density at radius 1 is 1.35 bits per heavy atom. The zero-order chi connectivity index (χ0) is 14.5. The molecule has 0 atom stereocenters. The number of nitrogens with zero attached hydrogens (tertiary/aromatic N) is 4. The number of benzene rings is 1. The molecule has 2 aromatic rings. The van der Waals surface area contributed by atoms with E-state index in [2.05, 4.69) is 20.6 Å². The van der Waals surface area contributed by atoms with Crippen molar-refractivity contribution in [2.45, 2.75) is 0 Å². The first-order valence-electron chi connectivity index (χ1n) is 5.60. The van der Waals surface area contributed by atoms with E-state index in [9.17, 15) is 10.1 Å². The Morgan fingerprint density at radius 3 is 2.75 bits per heavy atom. The molecule has 20 heavy (non-hydrogen) atoms. The summed E-state index contributed by atoms with van der Waals surface area (Å²) in [4.78, 5) is 18.2. The van der Waals surface area contributed by atoms with Gasteiger partial charge < -0.3 is 10.6 Å². The fourth-order valence-electron chi connectivity index (χ4n) is 1.63. The third-order valence-electron chi connectivity index (χ3n) is 2.50. The molecule has 0 fully saturated rings. The fraction of sp³-hybridized carbons (Fsp3) is 0.0833. The molecule has 0 bridgehead atoms. The summed E-state index contributed by atoms with van der Waals surface area (Å²) in [6, 6.07) is 8.57. The van der Waals surface area contributed by atoms with Crippen LogP contribution in [0.5, 0.6) is 0 Å². The number of nitrogens with one attached hydrogen (secondary N) is 2. The monoisotopic (exact) mass is 270 g/mol. The van der Waals surface area contributed by atoms with E-state index in [4.69, 9.17) is 5.26 Å². The molecule has 1 heterocycles. The van der Waals surface area contributed by atoms with Gasteiger partial charge in [-0.05, 0) is 18.2 Å². The van der Waals surface area contributed by atoms with Crippen LogP contribution in [0.15, 0.2) is 30.6 Å². The van der Waals surface area contributed by atoms with Gasteiger partial charge in [0.2, 0.25) is 11.6 Å². The Hall–Kier alpha value is -3.21. The maximum absolute atomic E-state index is 11.1. The molecule has 0 aliphatic rings. The van der Waals surface area contributed by atoms with Gasteiger partial charge in [-0.3, -0.25) is 10.1 Å². The van der Waals surface area contributed by atoms with Crippen LogP contribution in [0.1, 0.15) is 5.56 Å². The Bertz CT molecular complexity index is 695. The lowest BCUT2D eigenvalue weighted by molar-refractivity contribution is -0.383. The van der Waals surface area contributed by atoms with Gasteiger partial charge in [0, 0.05) is 12.7 Å². The van der Waals surface area contributed by atoms with Gasteiger partial charge in [-0.15, -0.1) is 0 Å². The predicted molar refractivity (Wildman–Crippen MR) is 72.7 cm³/mol. The standard InChI is InChI=1S/C12H10N6O2/c1-14-11-10(18(19)20)12(16-7-15-11)17-9-4-2-3-8(5-9)6-13/h2-5,7H,1H3,(H2,14,15,16,17). The molecule has 1 aromatic heterocycles. The molecule has 0 unspecified atom stereocenters. The van der Waals surface area contributed by atoms with Crippen molar-refractivity contribution in [3.05, 3.63) is 46.3 Å². The normalized spacial score (nSPS) is 9.60. The number of nitro groups is 1. The smallest absolute Gasteiger partial charge is 0.353 e. The van der Waals surface area contributed by atoms with E-state index in [-0.39, 0.29) is 17.3 Å². The van der Waals surface area contributed by atoms with Crippen molar-refractivity contribution in [1.82, 2.24) is 9.97 Å². The van der Waals surface area contributed by atoms with Crippen LogP contribution in [0, 0.1) is 21.4 Å². The minimum atomic E-state index is -0.567. The van der Waals surface area contributed by atoms with Crippen LogP contribution >= 0.6 is 0 Å². The molecule has 8 heteroatoms. The molecule has 0 saturated heterocycles. The van der Waals surface area contributed by atoms with Gasteiger partial charge in [0.05, 0.1) is 16.6 Å². The first kappa shape index (κ1) is 13.2. The second kappa shape index (κ2) is 5.62. The SMILES string of the molecule is CNc1ncnc(Nc2cccc(C#N)c2)c1[N+](=O)[O-]. The molecule has 8 nitrogen and oxygen atoms in total. The van der Waals surface area contributed by atoms with Gasteiger partial charge in [0.1, 0.15) is 6.33 Å². The molecule has 100 valence electrons. The number of rotatable bonds is 4. The van der Waals surface area contributed by atoms with E-state index in [1.54, 1.807) is 24.3 Å². The quantitative estimate of drug-likeness (QED) is 0.644. The van der Waals surface area contributed by atoms with E-state index >= 15 is 0 Å². The molecule has 2 rings (SSSR count). The summed E-state index contributed by atoms with van der Waals surface area (Å²) in [5.74, 6) is 0.174.